The summed E-state index contributed by atoms with van der Waals surface area (Å²) >= 11 is 0. The van der Waals surface area contributed by atoms with Crippen molar-refractivity contribution >= 4 is 10.0 Å². The van der Waals surface area contributed by atoms with Gasteiger partial charge in [0.2, 0.25) is 10.0 Å². The fraction of sp³-hybridized carbons (Fsp3) is 1.00. The topological polar surface area (TPSA) is 72.2 Å². The highest BCUT2D eigenvalue weighted by atomic mass is 32.2. The van der Waals surface area contributed by atoms with Crippen LogP contribution in [-0.2, 0) is 10.0 Å². The van der Waals surface area contributed by atoms with E-state index >= 15 is 0 Å². The van der Waals surface area contributed by atoms with E-state index in [1.54, 1.807) is 20.8 Å². The molecule has 0 amide bonds. The fourth-order valence-corrected chi connectivity index (χ4v) is 2.85. The minimum atomic E-state index is -3.21. The van der Waals surface area contributed by atoms with Crippen LogP contribution in [0.1, 0.15) is 46.5 Å². The Hall–Kier alpha value is -0.130. The van der Waals surface area contributed by atoms with E-state index in [-0.39, 0.29) is 6.04 Å². The Labute approximate surface area is 99.0 Å². The lowest BCUT2D eigenvalue weighted by molar-refractivity contribution is 0.321. The molecular formula is C11H24N2O2S. The van der Waals surface area contributed by atoms with Gasteiger partial charge in [0.15, 0.2) is 0 Å². The van der Waals surface area contributed by atoms with Crippen molar-refractivity contribution in [3.8, 4) is 0 Å². The first-order chi connectivity index (χ1) is 7.22. The molecule has 0 saturated heterocycles. The first-order valence-corrected chi connectivity index (χ1v) is 7.45. The van der Waals surface area contributed by atoms with Crippen molar-refractivity contribution in [3.05, 3.63) is 0 Å². The van der Waals surface area contributed by atoms with Crippen molar-refractivity contribution in [2.24, 2.45) is 11.7 Å². The van der Waals surface area contributed by atoms with Gasteiger partial charge in [0.05, 0.1) is 4.75 Å². The van der Waals surface area contributed by atoms with Crippen LogP contribution < -0.4 is 10.5 Å². The fourth-order valence-electron chi connectivity index (χ4n) is 1.96. The van der Waals surface area contributed by atoms with Crippen molar-refractivity contribution in [3.63, 3.8) is 0 Å². The Kier molecular flexibility index (Phi) is 4.37. The number of nitrogens with two attached hydrogens (primary N) is 1. The minimum absolute atomic E-state index is 0.248. The highest BCUT2D eigenvalue weighted by molar-refractivity contribution is 7.90. The molecule has 0 aromatic rings. The lowest BCUT2D eigenvalue weighted by atomic mass is 9.86. The molecule has 1 fully saturated rings. The molecule has 1 rings (SSSR count). The molecule has 0 spiro atoms. The summed E-state index contributed by atoms with van der Waals surface area (Å²) in [5.41, 5.74) is 5.87. The number of sulfonamides is 1. The molecule has 96 valence electrons. The zero-order valence-electron chi connectivity index (χ0n) is 10.5. The third kappa shape index (κ3) is 3.71. The molecule has 2 unspecified atom stereocenters. The molecule has 5 heteroatoms. The van der Waals surface area contributed by atoms with E-state index in [1.165, 1.54) is 0 Å². The maximum absolute atomic E-state index is 11.8. The van der Waals surface area contributed by atoms with Crippen LogP contribution in [0.5, 0.6) is 0 Å². The maximum atomic E-state index is 11.8. The standard InChI is InChI=1S/C11H24N2O2S/c1-11(2,3)16(14,15)13-8-9-5-4-6-10(12)7-9/h9-10,13H,4-8,12H2,1-3H3. The number of hydrogen-bond donors (Lipinski definition) is 2. The number of nitrogens with one attached hydrogen (secondary N) is 1. The predicted molar refractivity (Wildman–Crippen MR) is 66.6 cm³/mol. The highest BCUT2D eigenvalue weighted by Gasteiger charge is 2.30. The predicted octanol–water partition coefficient (Wildman–Crippen LogP) is 1.22. The van der Waals surface area contributed by atoms with Crippen molar-refractivity contribution in [2.75, 3.05) is 6.54 Å². The molecule has 1 aliphatic rings. The van der Waals surface area contributed by atoms with E-state index in [0.717, 1.165) is 25.7 Å². The second-order valence-electron chi connectivity index (χ2n) is 5.76. The average molecular weight is 248 g/mol. The Morgan fingerprint density at radius 1 is 1.31 bits per heavy atom. The third-order valence-electron chi connectivity index (χ3n) is 3.19. The molecule has 1 aliphatic carbocycles. The van der Waals surface area contributed by atoms with Crippen LogP contribution in [-0.4, -0.2) is 25.8 Å². The van der Waals surface area contributed by atoms with Crippen molar-refractivity contribution < 1.29 is 8.42 Å². The first kappa shape index (κ1) is 13.9. The van der Waals surface area contributed by atoms with Gasteiger partial charge in [-0.15, -0.1) is 0 Å². The number of hydrogen-bond acceptors (Lipinski definition) is 3. The Bertz CT molecular complexity index is 319. The van der Waals surface area contributed by atoms with Gasteiger partial charge in [-0.2, -0.15) is 0 Å². The van der Waals surface area contributed by atoms with E-state index in [0.29, 0.717) is 12.5 Å². The van der Waals surface area contributed by atoms with Gasteiger partial charge in [-0.25, -0.2) is 13.1 Å². The van der Waals surface area contributed by atoms with E-state index < -0.39 is 14.8 Å². The van der Waals surface area contributed by atoms with Crippen LogP contribution in [0.2, 0.25) is 0 Å². The third-order valence-corrected chi connectivity index (χ3v) is 5.35. The quantitative estimate of drug-likeness (QED) is 0.789. The van der Waals surface area contributed by atoms with Crippen LogP contribution >= 0.6 is 0 Å². The molecular weight excluding hydrogens is 224 g/mol. The number of rotatable bonds is 3. The summed E-state index contributed by atoms with van der Waals surface area (Å²) in [4.78, 5) is 0. The molecule has 2 atom stereocenters. The van der Waals surface area contributed by atoms with Gasteiger partial charge in [-0.1, -0.05) is 6.42 Å². The van der Waals surface area contributed by atoms with Gasteiger partial charge in [0, 0.05) is 12.6 Å². The lowest BCUT2D eigenvalue weighted by Gasteiger charge is -2.28. The van der Waals surface area contributed by atoms with Gasteiger partial charge in [-0.3, -0.25) is 0 Å². The molecule has 3 N–H and O–H groups in total. The van der Waals surface area contributed by atoms with Crippen LogP contribution in [0.25, 0.3) is 0 Å². The van der Waals surface area contributed by atoms with Crippen molar-refractivity contribution in [1.29, 1.82) is 0 Å². The lowest BCUT2D eigenvalue weighted by Crippen LogP contribution is -2.42. The monoisotopic (exact) mass is 248 g/mol. The molecule has 0 aliphatic heterocycles. The van der Waals surface area contributed by atoms with Crippen molar-refractivity contribution in [2.45, 2.75) is 57.2 Å². The van der Waals surface area contributed by atoms with Crippen molar-refractivity contribution in [1.82, 2.24) is 4.72 Å². The minimum Gasteiger partial charge on any atom is -0.328 e. The molecule has 16 heavy (non-hydrogen) atoms. The summed E-state index contributed by atoms with van der Waals surface area (Å²) in [5, 5.41) is 0. The van der Waals surface area contributed by atoms with Gasteiger partial charge in [-0.05, 0) is 46.0 Å². The molecule has 0 bridgehead atoms. The van der Waals surface area contributed by atoms with E-state index in [1.807, 2.05) is 0 Å². The molecule has 0 aromatic carbocycles. The van der Waals surface area contributed by atoms with Gasteiger partial charge in [0.25, 0.3) is 0 Å². The molecule has 0 aromatic heterocycles. The Balaban J connectivity index is 2.46. The second-order valence-corrected chi connectivity index (χ2v) is 8.28. The Morgan fingerprint density at radius 2 is 1.94 bits per heavy atom. The summed E-state index contributed by atoms with van der Waals surface area (Å²) in [6.45, 7) is 5.67. The summed E-state index contributed by atoms with van der Waals surface area (Å²) < 4.78 is 25.6. The maximum Gasteiger partial charge on any atom is 0.216 e. The highest BCUT2D eigenvalue weighted by Crippen LogP contribution is 2.23. The summed E-state index contributed by atoms with van der Waals surface area (Å²) in [7, 11) is -3.21. The summed E-state index contributed by atoms with van der Waals surface area (Å²) in [5.74, 6) is 0.404. The van der Waals surface area contributed by atoms with Crippen LogP contribution in [0, 0.1) is 5.92 Å². The smallest absolute Gasteiger partial charge is 0.216 e. The molecule has 0 radical (unpaired) electrons. The first-order valence-electron chi connectivity index (χ1n) is 5.97. The molecule has 1 saturated carbocycles. The second kappa shape index (κ2) is 5.02. The molecule has 0 heterocycles. The van der Waals surface area contributed by atoms with Crippen LogP contribution in [0.15, 0.2) is 0 Å². The van der Waals surface area contributed by atoms with Crippen LogP contribution in [0.3, 0.4) is 0 Å². The Morgan fingerprint density at radius 3 is 2.44 bits per heavy atom. The van der Waals surface area contributed by atoms with E-state index in [4.69, 9.17) is 5.73 Å². The average Bonchev–Trinajstić information content (AvgIpc) is 2.13. The summed E-state index contributed by atoms with van der Waals surface area (Å²) in [6, 6.07) is 0.248. The molecule has 4 nitrogen and oxygen atoms in total. The summed E-state index contributed by atoms with van der Waals surface area (Å²) in [6.07, 6.45) is 4.21. The van der Waals surface area contributed by atoms with Crippen LogP contribution in [0.4, 0.5) is 0 Å². The van der Waals surface area contributed by atoms with Gasteiger partial charge in [0.1, 0.15) is 0 Å². The van der Waals surface area contributed by atoms with Gasteiger partial charge >= 0.3 is 0 Å². The zero-order valence-corrected chi connectivity index (χ0v) is 11.3. The largest absolute Gasteiger partial charge is 0.328 e. The van der Waals surface area contributed by atoms with E-state index in [2.05, 4.69) is 4.72 Å². The van der Waals surface area contributed by atoms with E-state index in [9.17, 15) is 8.42 Å². The SMILES string of the molecule is CC(C)(C)S(=O)(=O)NCC1CCCC(N)C1. The zero-order chi connectivity index (χ0) is 12.4. The normalized spacial score (nSPS) is 28.0. The van der Waals surface area contributed by atoms with Gasteiger partial charge < -0.3 is 5.73 Å².